The standard InChI is InChI=1S/C25H35N5O4S/c1-14(2)9-20(26)23(32)29-16(4)25(34)30-12-19(31)10-21(30)24(33)27-11-17-5-7-18(8-6-17)22-15(3)28-13-35-22/h5-8,13-14,16,19-21,31H,9-12,26H2,1-4H3,(H,27,33)(H,29,32)/t16-,19+,20-,21?/m0/s1. The van der Waals surface area contributed by atoms with E-state index in [1.54, 1.807) is 18.3 Å². The fraction of sp³-hybridized carbons (Fsp3) is 0.520. The first-order valence-corrected chi connectivity index (χ1v) is 12.8. The fourth-order valence-corrected chi connectivity index (χ4v) is 5.02. The summed E-state index contributed by atoms with van der Waals surface area (Å²) in [4.78, 5) is 45.0. The third-order valence-electron chi connectivity index (χ3n) is 6.08. The van der Waals surface area contributed by atoms with Crippen LogP contribution in [0.1, 0.15) is 44.9 Å². The Labute approximate surface area is 210 Å². The summed E-state index contributed by atoms with van der Waals surface area (Å²) in [7, 11) is 0. The molecule has 35 heavy (non-hydrogen) atoms. The molecule has 3 amide bonds. The van der Waals surface area contributed by atoms with Gasteiger partial charge in [0.25, 0.3) is 0 Å². The highest BCUT2D eigenvalue weighted by atomic mass is 32.1. The minimum absolute atomic E-state index is 0.0398. The van der Waals surface area contributed by atoms with Gasteiger partial charge in [0.05, 0.1) is 28.2 Å². The van der Waals surface area contributed by atoms with Crippen LogP contribution in [0.25, 0.3) is 10.4 Å². The van der Waals surface area contributed by atoms with Gasteiger partial charge in [-0.1, -0.05) is 38.1 Å². The zero-order chi connectivity index (χ0) is 25.7. The molecule has 0 radical (unpaired) electrons. The van der Waals surface area contributed by atoms with E-state index in [0.29, 0.717) is 13.0 Å². The van der Waals surface area contributed by atoms with Gasteiger partial charge in [0, 0.05) is 19.5 Å². The molecule has 1 fully saturated rings. The van der Waals surface area contributed by atoms with Gasteiger partial charge in [-0.05, 0) is 37.3 Å². The number of benzene rings is 1. The number of aromatic nitrogens is 1. The Morgan fingerprint density at radius 1 is 1.23 bits per heavy atom. The van der Waals surface area contributed by atoms with Crippen LogP contribution in [0.5, 0.6) is 0 Å². The molecule has 190 valence electrons. The number of thiazole rings is 1. The number of nitrogens with one attached hydrogen (secondary N) is 2. The summed E-state index contributed by atoms with van der Waals surface area (Å²) < 4.78 is 0. The van der Waals surface area contributed by atoms with Crippen molar-refractivity contribution in [3.8, 4) is 10.4 Å². The maximum Gasteiger partial charge on any atom is 0.245 e. The molecule has 1 aliphatic heterocycles. The molecule has 4 atom stereocenters. The first kappa shape index (κ1) is 26.8. The first-order chi connectivity index (χ1) is 16.6. The molecule has 5 N–H and O–H groups in total. The number of hydrogen-bond acceptors (Lipinski definition) is 7. The molecule has 10 heteroatoms. The number of aliphatic hydroxyl groups excluding tert-OH is 1. The number of likely N-dealkylation sites (tertiary alicyclic amines) is 1. The van der Waals surface area contributed by atoms with Crippen LogP contribution in [0.3, 0.4) is 0 Å². The van der Waals surface area contributed by atoms with Crippen LogP contribution in [0.2, 0.25) is 0 Å². The molecule has 3 rings (SSSR count). The van der Waals surface area contributed by atoms with E-state index >= 15 is 0 Å². The Morgan fingerprint density at radius 2 is 1.91 bits per heavy atom. The molecule has 0 aliphatic carbocycles. The maximum absolute atomic E-state index is 13.0. The summed E-state index contributed by atoms with van der Waals surface area (Å²) in [6.07, 6.45) is -0.151. The van der Waals surface area contributed by atoms with Crippen LogP contribution in [0.4, 0.5) is 0 Å². The van der Waals surface area contributed by atoms with Gasteiger partial charge in [-0.25, -0.2) is 4.98 Å². The Kier molecular flexibility index (Phi) is 8.98. The van der Waals surface area contributed by atoms with E-state index in [0.717, 1.165) is 21.7 Å². The molecular weight excluding hydrogens is 466 g/mol. The molecule has 0 spiro atoms. The van der Waals surface area contributed by atoms with Crippen molar-refractivity contribution < 1.29 is 19.5 Å². The van der Waals surface area contributed by atoms with Gasteiger partial charge in [0.15, 0.2) is 0 Å². The van der Waals surface area contributed by atoms with Crippen molar-refractivity contribution in [1.82, 2.24) is 20.5 Å². The van der Waals surface area contributed by atoms with Crippen molar-refractivity contribution >= 4 is 29.1 Å². The molecule has 0 saturated carbocycles. The normalized spacial score (nSPS) is 19.5. The lowest BCUT2D eigenvalue weighted by molar-refractivity contribution is -0.141. The van der Waals surface area contributed by atoms with Crippen molar-refractivity contribution in [2.75, 3.05) is 6.54 Å². The Hall–Kier alpha value is -2.82. The highest BCUT2D eigenvalue weighted by Crippen LogP contribution is 2.27. The van der Waals surface area contributed by atoms with E-state index in [-0.39, 0.29) is 24.8 Å². The van der Waals surface area contributed by atoms with Crippen molar-refractivity contribution in [2.45, 2.75) is 71.3 Å². The van der Waals surface area contributed by atoms with E-state index < -0.39 is 36.0 Å². The number of nitrogens with two attached hydrogens (primary N) is 1. The van der Waals surface area contributed by atoms with Crippen molar-refractivity contribution in [3.63, 3.8) is 0 Å². The second-order valence-electron chi connectivity index (χ2n) is 9.54. The number of rotatable bonds is 9. The molecule has 1 aliphatic rings. The second kappa shape index (κ2) is 11.7. The fourth-order valence-electron chi connectivity index (χ4n) is 4.21. The van der Waals surface area contributed by atoms with Crippen molar-refractivity contribution in [2.24, 2.45) is 11.7 Å². The Balaban J connectivity index is 1.57. The predicted octanol–water partition coefficient (Wildman–Crippen LogP) is 1.57. The Bertz CT molecular complexity index is 1040. The van der Waals surface area contributed by atoms with Crippen molar-refractivity contribution in [3.05, 3.63) is 41.0 Å². The zero-order valence-electron chi connectivity index (χ0n) is 20.7. The monoisotopic (exact) mass is 501 g/mol. The van der Waals surface area contributed by atoms with E-state index in [1.807, 2.05) is 50.5 Å². The first-order valence-electron chi connectivity index (χ1n) is 11.9. The quantitative estimate of drug-likeness (QED) is 0.412. The lowest BCUT2D eigenvalue weighted by Gasteiger charge is -2.27. The predicted molar refractivity (Wildman–Crippen MR) is 135 cm³/mol. The largest absolute Gasteiger partial charge is 0.391 e. The molecule has 1 aromatic carbocycles. The number of aliphatic hydroxyl groups is 1. The van der Waals surface area contributed by atoms with Gasteiger partial charge < -0.3 is 26.4 Å². The molecule has 2 heterocycles. The van der Waals surface area contributed by atoms with E-state index in [1.165, 1.54) is 4.90 Å². The summed E-state index contributed by atoms with van der Waals surface area (Å²) >= 11 is 1.58. The second-order valence-corrected chi connectivity index (χ2v) is 10.4. The number of hydrogen-bond donors (Lipinski definition) is 4. The lowest BCUT2D eigenvalue weighted by atomic mass is 10.0. The van der Waals surface area contributed by atoms with Gasteiger partial charge in [0.2, 0.25) is 17.7 Å². The third-order valence-corrected chi connectivity index (χ3v) is 7.06. The average Bonchev–Trinajstić information content (AvgIpc) is 3.42. The SMILES string of the molecule is Cc1ncsc1-c1ccc(CNC(=O)C2C[C@@H](O)CN2C(=O)[C@H](C)NC(=O)[C@@H](N)CC(C)C)cc1. The molecule has 0 bridgehead atoms. The summed E-state index contributed by atoms with van der Waals surface area (Å²) in [6, 6.07) is 5.50. The third kappa shape index (κ3) is 6.87. The zero-order valence-corrected chi connectivity index (χ0v) is 21.5. The number of aryl methyl sites for hydroxylation is 1. The van der Waals surface area contributed by atoms with Gasteiger partial charge >= 0.3 is 0 Å². The summed E-state index contributed by atoms with van der Waals surface area (Å²) in [5, 5.41) is 15.7. The number of β-amino-alcohol motifs (C(OH)–C–C–N with tert-alkyl or cyclic N) is 1. The van der Waals surface area contributed by atoms with E-state index in [4.69, 9.17) is 5.73 Å². The van der Waals surface area contributed by atoms with Crippen LogP contribution in [0, 0.1) is 12.8 Å². The van der Waals surface area contributed by atoms with Crippen LogP contribution in [0.15, 0.2) is 29.8 Å². The number of carbonyl (C=O) groups excluding carboxylic acids is 3. The van der Waals surface area contributed by atoms with Crippen LogP contribution in [-0.2, 0) is 20.9 Å². The van der Waals surface area contributed by atoms with Gasteiger partial charge in [-0.3, -0.25) is 14.4 Å². The summed E-state index contributed by atoms with van der Waals surface area (Å²) in [6.45, 7) is 7.80. The maximum atomic E-state index is 13.0. The van der Waals surface area contributed by atoms with Crippen LogP contribution >= 0.6 is 11.3 Å². The number of amides is 3. The minimum Gasteiger partial charge on any atom is -0.391 e. The van der Waals surface area contributed by atoms with Gasteiger partial charge in [0.1, 0.15) is 12.1 Å². The Morgan fingerprint density at radius 3 is 2.51 bits per heavy atom. The van der Waals surface area contributed by atoms with Crippen LogP contribution in [-0.4, -0.2) is 63.5 Å². The molecule has 1 aromatic heterocycles. The van der Waals surface area contributed by atoms with Crippen LogP contribution < -0.4 is 16.4 Å². The topological polar surface area (TPSA) is 138 Å². The van der Waals surface area contributed by atoms with E-state index in [2.05, 4.69) is 15.6 Å². The molecule has 1 saturated heterocycles. The van der Waals surface area contributed by atoms with Gasteiger partial charge in [-0.2, -0.15) is 0 Å². The van der Waals surface area contributed by atoms with E-state index in [9.17, 15) is 19.5 Å². The highest BCUT2D eigenvalue weighted by Gasteiger charge is 2.40. The molecule has 1 unspecified atom stereocenters. The van der Waals surface area contributed by atoms with Gasteiger partial charge in [-0.15, -0.1) is 11.3 Å². The minimum atomic E-state index is -0.857. The lowest BCUT2D eigenvalue weighted by Crippen LogP contribution is -2.54. The molecular formula is C25H35N5O4S. The average molecular weight is 502 g/mol. The smallest absolute Gasteiger partial charge is 0.245 e. The molecule has 2 aromatic rings. The molecule has 9 nitrogen and oxygen atoms in total. The van der Waals surface area contributed by atoms with Crippen molar-refractivity contribution in [1.29, 1.82) is 0 Å². The number of nitrogens with zero attached hydrogens (tertiary/aromatic N) is 2. The number of carbonyl (C=O) groups is 3. The highest BCUT2D eigenvalue weighted by molar-refractivity contribution is 7.13. The summed E-state index contributed by atoms with van der Waals surface area (Å²) in [5.41, 5.74) is 10.7. The summed E-state index contributed by atoms with van der Waals surface area (Å²) in [5.74, 6) is -0.919.